The third-order valence-corrected chi connectivity index (χ3v) is 4.74. The molecule has 1 aromatic heterocycles. The third kappa shape index (κ3) is 3.59. The predicted octanol–water partition coefficient (Wildman–Crippen LogP) is 2.71. The van der Waals surface area contributed by atoms with Crippen LogP contribution in [0.4, 0.5) is 11.8 Å². The van der Waals surface area contributed by atoms with Crippen LogP contribution in [0.15, 0.2) is 53.3 Å². The van der Waals surface area contributed by atoms with Gasteiger partial charge in [-0.25, -0.2) is 0 Å². The SMILES string of the molecule is Cc1cccc(COc2ccc([C@H]3CC(=O)Nc4nc(N)[nH]c(=O)c43)cc2)c1. The van der Waals surface area contributed by atoms with Crippen molar-refractivity contribution < 1.29 is 9.53 Å². The molecule has 0 radical (unpaired) electrons. The maximum Gasteiger partial charge on any atom is 0.258 e. The number of nitrogens with one attached hydrogen (secondary N) is 2. The van der Waals surface area contributed by atoms with Crippen molar-refractivity contribution in [3.8, 4) is 5.75 Å². The number of hydrogen-bond acceptors (Lipinski definition) is 5. The van der Waals surface area contributed by atoms with Crippen molar-refractivity contribution in [1.82, 2.24) is 9.97 Å². The molecule has 28 heavy (non-hydrogen) atoms. The molecule has 7 nitrogen and oxygen atoms in total. The second-order valence-corrected chi connectivity index (χ2v) is 6.87. The highest BCUT2D eigenvalue weighted by atomic mass is 16.5. The van der Waals surface area contributed by atoms with Crippen LogP contribution in [0.5, 0.6) is 5.75 Å². The number of fused-ring (bicyclic) bond motifs is 1. The van der Waals surface area contributed by atoms with E-state index in [0.29, 0.717) is 12.2 Å². The molecule has 4 rings (SSSR count). The lowest BCUT2D eigenvalue weighted by Gasteiger charge is -2.24. The van der Waals surface area contributed by atoms with Gasteiger partial charge in [0, 0.05) is 12.3 Å². The number of aromatic nitrogens is 2. The molecule has 1 aliphatic rings. The monoisotopic (exact) mass is 376 g/mol. The number of carbonyl (C=O) groups excluding carboxylic acids is 1. The number of nitrogen functional groups attached to an aromatic ring is 1. The molecule has 0 aliphatic carbocycles. The first-order chi connectivity index (χ1) is 13.5. The van der Waals surface area contributed by atoms with Gasteiger partial charge in [-0.05, 0) is 30.2 Å². The van der Waals surface area contributed by atoms with Crippen molar-refractivity contribution in [2.75, 3.05) is 11.1 Å². The molecule has 1 atom stereocenters. The number of aromatic amines is 1. The lowest BCUT2D eigenvalue weighted by atomic mass is 9.87. The average Bonchev–Trinajstić information content (AvgIpc) is 2.65. The van der Waals surface area contributed by atoms with Gasteiger partial charge in [-0.2, -0.15) is 4.98 Å². The molecule has 1 aliphatic heterocycles. The minimum atomic E-state index is -0.383. The smallest absolute Gasteiger partial charge is 0.258 e. The summed E-state index contributed by atoms with van der Waals surface area (Å²) in [4.78, 5) is 31.0. The van der Waals surface area contributed by atoms with E-state index < -0.39 is 0 Å². The topological polar surface area (TPSA) is 110 Å². The van der Waals surface area contributed by atoms with Gasteiger partial charge in [0.2, 0.25) is 11.9 Å². The molecule has 0 bridgehead atoms. The van der Waals surface area contributed by atoms with Crippen LogP contribution in [0.25, 0.3) is 0 Å². The minimum absolute atomic E-state index is 0.0235. The normalized spacial score (nSPS) is 15.6. The Morgan fingerprint density at radius 2 is 1.96 bits per heavy atom. The summed E-state index contributed by atoms with van der Waals surface area (Å²) in [6.45, 7) is 2.51. The summed E-state index contributed by atoms with van der Waals surface area (Å²) in [5.41, 5.74) is 8.79. The molecule has 0 saturated carbocycles. The van der Waals surface area contributed by atoms with Crippen LogP contribution in [0.2, 0.25) is 0 Å². The van der Waals surface area contributed by atoms with Crippen molar-refractivity contribution in [2.45, 2.75) is 25.9 Å². The van der Waals surface area contributed by atoms with Crippen LogP contribution in [0, 0.1) is 6.92 Å². The van der Waals surface area contributed by atoms with E-state index in [-0.39, 0.29) is 35.6 Å². The highest BCUT2D eigenvalue weighted by molar-refractivity contribution is 5.94. The highest BCUT2D eigenvalue weighted by Gasteiger charge is 2.30. The Morgan fingerprint density at radius 3 is 2.71 bits per heavy atom. The van der Waals surface area contributed by atoms with E-state index >= 15 is 0 Å². The summed E-state index contributed by atoms with van der Waals surface area (Å²) in [6, 6.07) is 15.6. The standard InChI is InChI=1S/C21H20N4O3/c1-12-3-2-4-13(9-12)11-28-15-7-5-14(6-8-15)16-10-17(26)23-19-18(16)20(27)25-21(22)24-19/h2-9,16H,10-11H2,1H3,(H4,22,23,24,25,26,27)/t16-/m1/s1. The average molecular weight is 376 g/mol. The van der Waals surface area contributed by atoms with Crippen molar-refractivity contribution in [3.05, 3.63) is 81.1 Å². The third-order valence-electron chi connectivity index (χ3n) is 4.74. The fraction of sp³-hybridized carbons (Fsp3) is 0.190. The maximum absolute atomic E-state index is 12.4. The Morgan fingerprint density at radius 1 is 1.18 bits per heavy atom. The molecule has 142 valence electrons. The lowest BCUT2D eigenvalue weighted by molar-refractivity contribution is -0.116. The molecule has 2 heterocycles. The van der Waals surface area contributed by atoms with E-state index in [9.17, 15) is 9.59 Å². The predicted molar refractivity (Wildman–Crippen MR) is 106 cm³/mol. The van der Waals surface area contributed by atoms with Crippen molar-refractivity contribution in [2.24, 2.45) is 0 Å². The van der Waals surface area contributed by atoms with E-state index in [1.54, 1.807) is 0 Å². The summed E-state index contributed by atoms with van der Waals surface area (Å²) in [5, 5.41) is 2.62. The number of H-pyrrole nitrogens is 1. The molecule has 1 amide bonds. The summed E-state index contributed by atoms with van der Waals surface area (Å²) in [7, 11) is 0. The number of ether oxygens (including phenoxy) is 1. The number of nitrogens with zero attached hydrogens (tertiary/aromatic N) is 1. The number of carbonyl (C=O) groups is 1. The number of hydrogen-bond donors (Lipinski definition) is 3. The molecule has 0 fully saturated rings. The van der Waals surface area contributed by atoms with Crippen molar-refractivity contribution >= 4 is 17.7 Å². The minimum Gasteiger partial charge on any atom is -0.489 e. The van der Waals surface area contributed by atoms with Gasteiger partial charge in [-0.15, -0.1) is 0 Å². The molecule has 0 spiro atoms. The van der Waals surface area contributed by atoms with Crippen LogP contribution in [0.1, 0.15) is 34.6 Å². The number of benzene rings is 2. The Labute approximate surface area is 161 Å². The number of aryl methyl sites for hydroxylation is 1. The van der Waals surface area contributed by atoms with E-state index in [1.165, 1.54) is 5.56 Å². The summed E-state index contributed by atoms with van der Waals surface area (Å²) >= 11 is 0. The highest BCUT2D eigenvalue weighted by Crippen LogP contribution is 2.34. The van der Waals surface area contributed by atoms with E-state index in [4.69, 9.17) is 10.5 Å². The van der Waals surface area contributed by atoms with Gasteiger partial charge in [-0.3, -0.25) is 14.6 Å². The number of rotatable bonds is 4. The number of nitrogens with two attached hydrogens (primary N) is 1. The second-order valence-electron chi connectivity index (χ2n) is 6.87. The maximum atomic E-state index is 12.4. The summed E-state index contributed by atoms with van der Waals surface area (Å²) in [6.07, 6.45) is 0.172. The zero-order valence-corrected chi connectivity index (χ0v) is 15.4. The second kappa shape index (κ2) is 7.19. The van der Waals surface area contributed by atoms with Gasteiger partial charge >= 0.3 is 0 Å². The number of amides is 1. The first kappa shape index (κ1) is 17.8. The van der Waals surface area contributed by atoms with E-state index in [2.05, 4.69) is 21.4 Å². The fourth-order valence-corrected chi connectivity index (χ4v) is 3.44. The molecular formula is C21H20N4O3. The van der Waals surface area contributed by atoms with Gasteiger partial charge in [0.15, 0.2) is 0 Å². The molecule has 3 aromatic rings. The van der Waals surface area contributed by atoms with E-state index in [1.807, 2.05) is 49.4 Å². The molecular weight excluding hydrogens is 356 g/mol. The molecule has 4 N–H and O–H groups in total. The van der Waals surface area contributed by atoms with Crippen LogP contribution in [-0.2, 0) is 11.4 Å². The number of anilines is 2. The quantitative estimate of drug-likeness (QED) is 0.648. The van der Waals surface area contributed by atoms with Crippen LogP contribution in [-0.4, -0.2) is 15.9 Å². The van der Waals surface area contributed by atoms with Gasteiger partial charge in [0.25, 0.3) is 5.56 Å². The van der Waals surface area contributed by atoms with Crippen LogP contribution >= 0.6 is 0 Å². The Bertz CT molecular complexity index is 1090. The zero-order chi connectivity index (χ0) is 19.7. The van der Waals surface area contributed by atoms with E-state index in [0.717, 1.165) is 16.9 Å². The van der Waals surface area contributed by atoms with Gasteiger partial charge in [-0.1, -0.05) is 42.0 Å². The van der Waals surface area contributed by atoms with Crippen molar-refractivity contribution in [3.63, 3.8) is 0 Å². The fourth-order valence-electron chi connectivity index (χ4n) is 3.44. The first-order valence-corrected chi connectivity index (χ1v) is 8.97. The summed E-state index contributed by atoms with van der Waals surface area (Å²) in [5.74, 6) is 0.336. The molecule has 0 saturated heterocycles. The Kier molecular flexibility index (Phi) is 4.57. The zero-order valence-electron chi connectivity index (χ0n) is 15.4. The molecule has 7 heteroatoms. The summed E-state index contributed by atoms with van der Waals surface area (Å²) < 4.78 is 5.84. The lowest BCUT2D eigenvalue weighted by Crippen LogP contribution is -2.31. The van der Waals surface area contributed by atoms with Gasteiger partial charge in [0.1, 0.15) is 18.2 Å². The molecule has 0 unspecified atom stereocenters. The Balaban J connectivity index is 1.56. The molecule has 2 aromatic carbocycles. The van der Waals surface area contributed by atoms with Crippen molar-refractivity contribution in [1.29, 1.82) is 0 Å². The largest absolute Gasteiger partial charge is 0.489 e. The van der Waals surface area contributed by atoms with Crippen LogP contribution < -0.4 is 21.3 Å². The van der Waals surface area contributed by atoms with Gasteiger partial charge in [0.05, 0.1) is 5.56 Å². The van der Waals surface area contributed by atoms with Crippen LogP contribution in [0.3, 0.4) is 0 Å². The first-order valence-electron chi connectivity index (χ1n) is 8.97. The van der Waals surface area contributed by atoms with Gasteiger partial charge < -0.3 is 15.8 Å². The Hall–Kier alpha value is -3.61.